The molecule has 4 nitrogen and oxygen atoms in total. The van der Waals surface area contributed by atoms with Crippen molar-refractivity contribution in [3.8, 4) is 5.75 Å². The number of imide groups is 1. The van der Waals surface area contributed by atoms with Gasteiger partial charge >= 0.3 is 6.36 Å². The Morgan fingerprint density at radius 1 is 0.958 bits per heavy atom. The van der Waals surface area contributed by atoms with Crippen molar-refractivity contribution in [2.75, 3.05) is 4.90 Å². The summed E-state index contributed by atoms with van der Waals surface area (Å²) in [6.07, 6.45) is -4.98. The highest BCUT2D eigenvalue weighted by molar-refractivity contribution is 9.11. The molecule has 0 atom stereocenters. The topological polar surface area (TPSA) is 46.6 Å². The van der Waals surface area contributed by atoms with Gasteiger partial charge in [0.2, 0.25) is 0 Å². The number of halogens is 5. The fraction of sp³-hybridized carbons (Fsp3) is 0.0667. The Labute approximate surface area is 150 Å². The summed E-state index contributed by atoms with van der Waals surface area (Å²) in [5.74, 6) is -2.10. The Bertz CT molecular complexity index is 833. The molecule has 2 amide bonds. The quantitative estimate of drug-likeness (QED) is 0.593. The maximum atomic E-state index is 12.7. The summed E-state index contributed by atoms with van der Waals surface area (Å²) in [6, 6.07) is 8.47. The molecule has 0 radical (unpaired) electrons. The number of benzene rings is 2. The number of alkyl halides is 3. The van der Waals surface area contributed by atoms with Crippen LogP contribution in [-0.4, -0.2) is 18.2 Å². The smallest absolute Gasteiger partial charge is 0.403 e. The van der Waals surface area contributed by atoms with Crippen molar-refractivity contribution in [1.82, 2.24) is 0 Å². The average molecular weight is 465 g/mol. The number of fused-ring (bicyclic) bond motifs is 1. The lowest BCUT2D eigenvalue weighted by atomic mass is 10.1. The number of carbonyl (C=O) groups is 2. The van der Waals surface area contributed by atoms with Crippen LogP contribution < -0.4 is 9.64 Å². The van der Waals surface area contributed by atoms with Crippen molar-refractivity contribution in [2.45, 2.75) is 6.36 Å². The molecule has 1 heterocycles. The lowest BCUT2D eigenvalue weighted by molar-refractivity contribution is -0.274. The minimum absolute atomic E-state index is 0.102. The fourth-order valence-corrected chi connectivity index (χ4v) is 3.72. The summed E-state index contributed by atoms with van der Waals surface area (Å²) in [5.41, 5.74) is -0.0627. The van der Waals surface area contributed by atoms with Gasteiger partial charge < -0.3 is 4.74 Å². The molecule has 0 saturated carbocycles. The van der Waals surface area contributed by atoms with E-state index < -0.39 is 23.9 Å². The van der Waals surface area contributed by atoms with Crippen molar-refractivity contribution in [2.24, 2.45) is 0 Å². The Balaban J connectivity index is 2.17. The third kappa shape index (κ3) is 2.93. The molecule has 3 rings (SSSR count). The van der Waals surface area contributed by atoms with Gasteiger partial charge in [-0.2, -0.15) is 0 Å². The van der Waals surface area contributed by atoms with Gasteiger partial charge in [-0.25, -0.2) is 4.90 Å². The molecule has 1 aliphatic rings. The monoisotopic (exact) mass is 463 g/mol. The minimum atomic E-state index is -4.98. The fourth-order valence-electron chi connectivity index (χ4n) is 2.35. The molecule has 0 unspecified atom stereocenters. The van der Waals surface area contributed by atoms with E-state index in [1.165, 1.54) is 18.2 Å². The third-order valence-corrected chi connectivity index (χ3v) is 4.30. The van der Waals surface area contributed by atoms with Crippen LogP contribution in [0.15, 0.2) is 45.3 Å². The number of nitrogens with zero attached hydrogens (tertiary/aromatic N) is 1. The molecule has 0 saturated heterocycles. The Hall–Kier alpha value is -1.87. The Morgan fingerprint density at radius 2 is 1.50 bits per heavy atom. The van der Waals surface area contributed by atoms with Crippen LogP contribution in [0.5, 0.6) is 5.75 Å². The van der Waals surface area contributed by atoms with Crippen molar-refractivity contribution in [1.29, 1.82) is 0 Å². The highest BCUT2D eigenvalue weighted by atomic mass is 79.9. The van der Waals surface area contributed by atoms with E-state index in [1.54, 1.807) is 12.1 Å². The van der Waals surface area contributed by atoms with Crippen LogP contribution >= 0.6 is 31.9 Å². The van der Waals surface area contributed by atoms with E-state index in [1.807, 2.05) is 0 Å². The number of rotatable bonds is 2. The maximum Gasteiger partial charge on any atom is 0.573 e. The van der Waals surface area contributed by atoms with Crippen LogP contribution in [0.4, 0.5) is 18.9 Å². The summed E-state index contributed by atoms with van der Waals surface area (Å²) in [4.78, 5) is 25.7. The summed E-state index contributed by atoms with van der Waals surface area (Å²) in [7, 11) is 0. The van der Waals surface area contributed by atoms with Crippen LogP contribution in [0.1, 0.15) is 20.7 Å². The van der Waals surface area contributed by atoms with Crippen molar-refractivity contribution >= 4 is 49.4 Å². The first kappa shape index (κ1) is 17.0. The molecule has 0 spiro atoms. The standard InChI is InChI=1S/C15H6Br2F3NO3/c16-7-5-10(17)12(11(6-7)24-15(18,19)20)21-13(22)8-3-1-2-4-9(8)14(21)23/h1-6H. The molecule has 2 aromatic carbocycles. The van der Waals surface area contributed by atoms with Gasteiger partial charge in [-0.15, -0.1) is 13.2 Å². The van der Waals surface area contributed by atoms with Crippen LogP contribution in [-0.2, 0) is 0 Å². The van der Waals surface area contributed by atoms with Gasteiger partial charge in [0.1, 0.15) is 5.69 Å². The van der Waals surface area contributed by atoms with E-state index in [2.05, 4.69) is 36.6 Å². The van der Waals surface area contributed by atoms with E-state index >= 15 is 0 Å². The molecule has 9 heteroatoms. The molecular weight excluding hydrogens is 459 g/mol. The second-order valence-electron chi connectivity index (χ2n) is 4.77. The van der Waals surface area contributed by atoms with Gasteiger partial charge in [0.15, 0.2) is 5.75 Å². The van der Waals surface area contributed by atoms with E-state index in [4.69, 9.17) is 0 Å². The van der Waals surface area contributed by atoms with Gasteiger partial charge in [-0.05, 0) is 40.2 Å². The number of amides is 2. The highest BCUT2D eigenvalue weighted by Gasteiger charge is 2.41. The summed E-state index contributed by atoms with van der Waals surface area (Å²) in [5, 5.41) is 0. The molecule has 2 aromatic rings. The van der Waals surface area contributed by atoms with Crippen LogP contribution in [0.3, 0.4) is 0 Å². The highest BCUT2D eigenvalue weighted by Crippen LogP contribution is 2.44. The van der Waals surface area contributed by atoms with Gasteiger partial charge in [0.05, 0.1) is 11.1 Å². The minimum Gasteiger partial charge on any atom is -0.403 e. The lowest BCUT2D eigenvalue weighted by Gasteiger charge is -2.21. The summed E-state index contributed by atoms with van der Waals surface area (Å²) < 4.78 is 42.4. The first-order valence-electron chi connectivity index (χ1n) is 6.41. The molecule has 1 aliphatic heterocycles. The van der Waals surface area contributed by atoms with Gasteiger partial charge in [-0.1, -0.05) is 28.1 Å². The average Bonchev–Trinajstić information content (AvgIpc) is 2.70. The Morgan fingerprint density at radius 3 is 2.00 bits per heavy atom. The van der Waals surface area contributed by atoms with Crippen molar-refractivity contribution in [3.05, 3.63) is 56.5 Å². The van der Waals surface area contributed by atoms with Crippen LogP contribution in [0.25, 0.3) is 0 Å². The molecule has 0 fully saturated rings. The lowest BCUT2D eigenvalue weighted by Crippen LogP contribution is -2.31. The van der Waals surface area contributed by atoms with Crippen molar-refractivity contribution in [3.63, 3.8) is 0 Å². The second-order valence-corrected chi connectivity index (χ2v) is 6.54. The molecule has 0 N–H and O–H groups in total. The molecule has 0 aliphatic carbocycles. The van der Waals surface area contributed by atoms with Gasteiger partial charge in [-0.3, -0.25) is 9.59 Å². The number of hydrogen-bond donors (Lipinski definition) is 0. The number of hydrogen-bond acceptors (Lipinski definition) is 3. The van der Waals surface area contributed by atoms with E-state index in [0.717, 1.165) is 6.07 Å². The zero-order valence-corrected chi connectivity index (χ0v) is 14.7. The number of ether oxygens (including phenoxy) is 1. The zero-order chi connectivity index (χ0) is 17.6. The third-order valence-electron chi connectivity index (χ3n) is 3.24. The molecular formula is C15H6Br2F3NO3. The van der Waals surface area contributed by atoms with E-state index in [9.17, 15) is 22.8 Å². The predicted molar refractivity (Wildman–Crippen MR) is 86.1 cm³/mol. The maximum absolute atomic E-state index is 12.7. The second kappa shape index (κ2) is 5.89. The zero-order valence-electron chi connectivity index (χ0n) is 11.5. The molecule has 24 heavy (non-hydrogen) atoms. The predicted octanol–water partition coefficient (Wildman–Crippen LogP) is 4.91. The number of carbonyl (C=O) groups excluding carboxylic acids is 2. The first-order chi connectivity index (χ1) is 11.2. The number of anilines is 1. The largest absolute Gasteiger partial charge is 0.573 e. The van der Waals surface area contributed by atoms with Crippen LogP contribution in [0, 0.1) is 0 Å². The van der Waals surface area contributed by atoms with Crippen molar-refractivity contribution < 1.29 is 27.5 Å². The first-order valence-corrected chi connectivity index (χ1v) is 8.00. The molecule has 0 aromatic heterocycles. The van der Waals surface area contributed by atoms with Gasteiger partial charge in [0, 0.05) is 8.95 Å². The van der Waals surface area contributed by atoms with Gasteiger partial charge in [0.25, 0.3) is 11.8 Å². The Kier molecular flexibility index (Phi) is 4.16. The molecule has 124 valence electrons. The summed E-state index contributed by atoms with van der Waals surface area (Å²) in [6.45, 7) is 0. The molecule has 0 bridgehead atoms. The van der Waals surface area contributed by atoms with Crippen LogP contribution in [0.2, 0.25) is 0 Å². The normalized spacial score (nSPS) is 14.1. The SMILES string of the molecule is O=C1c2ccccc2C(=O)N1c1c(Br)cc(Br)cc1OC(F)(F)F. The van der Waals surface area contributed by atoms with E-state index in [-0.39, 0.29) is 25.8 Å². The summed E-state index contributed by atoms with van der Waals surface area (Å²) >= 11 is 6.15. The van der Waals surface area contributed by atoms with E-state index in [0.29, 0.717) is 4.90 Å².